The van der Waals surface area contributed by atoms with Gasteiger partial charge < -0.3 is 15.4 Å². The molecule has 1 aromatic heterocycles. The molecule has 2 N–H and O–H groups in total. The van der Waals surface area contributed by atoms with E-state index in [0.29, 0.717) is 19.0 Å². The Morgan fingerprint density at radius 2 is 2.18 bits per heavy atom. The van der Waals surface area contributed by atoms with E-state index in [1.54, 1.807) is 17.9 Å². The lowest BCUT2D eigenvalue weighted by atomic mass is 10.4. The molecule has 0 aliphatic heterocycles. The molecule has 0 saturated carbocycles. The molecule has 0 saturated heterocycles. The molecule has 17 heavy (non-hydrogen) atoms. The van der Waals surface area contributed by atoms with Gasteiger partial charge in [-0.15, -0.1) is 0 Å². The molecule has 0 spiro atoms. The summed E-state index contributed by atoms with van der Waals surface area (Å²) in [5.41, 5.74) is 6.35. The van der Waals surface area contributed by atoms with Gasteiger partial charge in [0.05, 0.1) is 6.61 Å². The highest BCUT2D eigenvalue weighted by Crippen LogP contribution is 2.13. The predicted octanol–water partition coefficient (Wildman–Crippen LogP) is 0.757. The molecule has 0 aliphatic rings. The number of rotatable bonds is 5. The smallest absolute Gasteiger partial charge is 0.325 e. The molecule has 1 rings (SSSR count). The number of anilines is 2. The minimum atomic E-state index is -0.274. The molecule has 6 nitrogen and oxygen atoms in total. The van der Waals surface area contributed by atoms with Gasteiger partial charge in [-0.05, 0) is 20.8 Å². The lowest BCUT2D eigenvalue weighted by Gasteiger charge is -2.21. The van der Waals surface area contributed by atoms with Gasteiger partial charge >= 0.3 is 5.97 Å². The Kier molecular flexibility index (Phi) is 4.68. The highest BCUT2D eigenvalue weighted by atomic mass is 16.5. The summed E-state index contributed by atoms with van der Waals surface area (Å²) in [7, 11) is 0. The van der Waals surface area contributed by atoms with Crippen molar-refractivity contribution in [1.82, 2.24) is 9.97 Å². The van der Waals surface area contributed by atoms with Crippen LogP contribution in [0.3, 0.4) is 0 Å². The summed E-state index contributed by atoms with van der Waals surface area (Å²) in [5, 5.41) is 0. The van der Waals surface area contributed by atoms with E-state index in [-0.39, 0.29) is 18.5 Å². The third-order valence-electron chi connectivity index (χ3n) is 2.19. The Bertz CT molecular complexity index is 375. The Morgan fingerprint density at radius 1 is 1.47 bits per heavy atom. The van der Waals surface area contributed by atoms with Crippen LogP contribution in [0, 0.1) is 6.92 Å². The molecule has 0 fully saturated rings. The summed E-state index contributed by atoms with van der Waals surface area (Å²) in [5.74, 6) is 0.581. The maximum Gasteiger partial charge on any atom is 0.325 e. The van der Waals surface area contributed by atoms with Crippen LogP contribution in [0.4, 0.5) is 11.8 Å². The van der Waals surface area contributed by atoms with Gasteiger partial charge in [-0.2, -0.15) is 4.98 Å². The maximum atomic E-state index is 11.4. The van der Waals surface area contributed by atoms with Crippen LogP contribution in [0.2, 0.25) is 0 Å². The van der Waals surface area contributed by atoms with Crippen molar-refractivity contribution < 1.29 is 9.53 Å². The number of nitrogens with zero attached hydrogens (tertiary/aromatic N) is 3. The van der Waals surface area contributed by atoms with E-state index in [0.717, 1.165) is 5.69 Å². The zero-order valence-corrected chi connectivity index (χ0v) is 10.4. The molecule has 0 unspecified atom stereocenters. The molecule has 0 atom stereocenters. The van der Waals surface area contributed by atoms with Crippen LogP contribution >= 0.6 is 0 Å². The van der Waals surface area contributed by atoms with Crippen molar-refractivity contribution in [2.24, 2.45) is 0 Å². The molecule has 1 heterocycles. The van der Waals surface area contributed by atoms with Crippen LogP contribution in [0.25, 0.3) is 0 Å². The van der Waals surface area contributed by atoms with Gasteiger partial charge in [0.15, 0.2) is 0 Å². The van der Waals surface area contributed by atoms with Crippen molar-refractivity contribution in [3.05, 3.63) is 11.8 Å². The molecule has 1 aromatic rings. The number of aromatic nitrogens is 2. The average molecular weight is 238 g/mol. The fourth-order valence-electron chi connectivity index (χ4n) is 1.45. The van der Waals surface area contributed by atoms with Crippen molar-refractivity contribution in [3.63, 3.8) is 0 Å². The first kappa shape index (κ1) is 13.2. The minimum absolute atomic E-state index is 0.167. The van der Waals surface area contributed by atoms with E-state index in [9.17, 15) is 4.79 Å². The van der Waals surface area contributed by atoms with Crippen molar-refractivity contribution in [3.8, 4) is 0 Å². The highest BCUT2D eigenvalue weighted by Gasteiger charge is 2.12. The zero-order valence-electron chi connectivity index (χ0n) is 10.4. The van der Waals surface area contributed by atoms with Gasteiger partial charge in [0.25, 0.3) is 0 Å². The van der Waals surface area contributed by atoms with Crippen molar-refractivity contribution in [1.29, 1.82) is 0 Å². The molecule has 0 radical (unpaired) electrons. The number of hydrogen-bond donors (Lipinski definition) is 1. The fraction of sp³-hybridized carbons (Fsp3) is 0.545. The molecule has 6 heteroatoms. The molecule has 94 valence electrons. The van der Waals surface area contributed by atoms with Crippen molar-refractivity contribution in [2.75, 3.05) is 30.3 Å². The van der Waals surface area contributed by atoms with Crippen molar-refractivity contribution >= 4 is 17.7 Å². The Hall–Kier alpha value is -1.85. The molecular formula is C11H18N4O2. The van der Waals surface area contributed by atoms with E-state index in [1.165, 1.54) is 0 Å². The first-order valence-corrected chi connectivity index (χ1v) is 5.58. The van der Waals surface area contributed by atoms with Gasteiger partial charge in [0.1, 0.15) is 12.4 Å². The Balaban J connectivity index is 2.82. The van der Waals surface area contributed by atoms with E-state index in [1.807, 2.05) is 13.8 Å². The fourth-order valence-corrected chi connectivity index (χ4v) is 1.45. The standard InChI is InChI=1S/C11H18N4O2/c1-4-15(7-10(16)17-5-2)9-6-8(3)13-11(12)14-9/h6H,4-5,7H2,1-3H3,(H2,12,13,14). The zero-order chi connectivity index (χ0) is 12.8. The van der Waals surface area contributed by atoms with E-state index in [4.69, 9.17) is 10.5 Å². The number of ether oxygens (including phenoxy) is 1. The number of likely N-dealkylation sites (N-methyl/N-ethyl adjacent to an activating group) is 1. The van der Waals surface area contributed by atoms with Gasteiger partial charge in [-0.25, -0.2) is 4.98 Å². The third kappa shape index (κ3) is 3.90. The summed E-state index contributed by atoms with van der Waals surface area (Å²) in [6, 6.07) is 1.79. The summed E-state index contributed by atoms with van der Waals surface area (Å²) in [6.07, 6.45) is 0. The number of aryl methyl sites for hydroxylation is 1. The second-order valence-electron chi connectivity index (χ2n) is 3.54. The second-order valence-corrected chi connectivity index (χ2v) is 3.54. The van der Waals surface area contributed by atoms with E-state index in [2.05, 4.69) is 9.97 Å². The Morgan fingerprint density at radius 3 is 2.71 bits per heavy atom. The third-order valence-corrected chi connectivity index (χ3v) is 2.19. The maximum absolute atomic E-state index is 11.4. The van der Waals surface area contributed by atoms with Crippen molar-refractivity contribution in [2.45, 2.75) is 20.8 Å². The molecule has 0 amide bonds. The molecule has 0 aromatic carbocycles. The van der Waals surface area contributed by atoms with Crippen LogP contribution < -0.4 is 10.6 Å². The van der Waals surface area contributed by atoms with E-state index >= 15 is 0 Å². The van der Waals surface area contributed by atoms with Gasteiger partial charge in [-0.3, -0.25) is 4.79 Å². The number of esters is 1. The number of carbonyl (C=O) groups excluding carboxylic acids is 1. The first-order chi connectivity index (χ1) is 8.06. The lowest BCUT2D eigenvalue weighted by molar-refractivity contribution is -0.141. The topological polar surface area (TPSA) is 81.3 Å². The number of hydrogen-bond acceptors (Lipinski definition) is 6. The molecule has 0 aliphatic carbocycles. The van der Waals surface area contributed by atoms with Crippen LogP contribution in [0.5, 0.6) is 0 Å². The number of nitrogen functional groups attached to an aromatic ring is 1. The molecular weight excluding hydrogens is 220 g/mol. The van der Waals surface area contributed by atoms with Gasteiger partial charge in [0, 0.05) is 18.3 Å². The summed E-state index contributed by atoms with van der Waals surface area (Å²) < 4.78 is 4.90. The average Bonchev–Trinajstić information content (AvgIpc) is 2.24. The quantitative estimate of drug-likeness (QED) is 0.762. The minimum Gasteiger partial charge on any atom is -0.465 e. The highest BCUT2D eigenvalue weighted by molar-refractivity contribution is 5.75. The molecule has 0 bridgehead atoms. The number of nitrogens with two attached hydrogens (primary N) is 1. The predicted molar refractivity (Wildman–Crippen MR) is 65.7 cm³/mol. The van der Waals surface area contributed by atoms with Crippen LogP contribution in [-0.2, 0) is 9.53 Å². The van der Waals surface area contributed by atoms with Gasteiger partial charge in [0.2, 0.25) is 5.95 Å². The lowest BCUT2D eigenvalue weighted by Crippen LogP contribution is -2.31. The van der Waals surface area contributed by atoms with Crippen LogP contribution in [-0.4, -0.2) is 35.6 Å². The summed E-state index contributed by atoms with van der Waals surface area (Å²) >= 11 is 0. The van der Waals surface area contributed by atoms with Crippen LogP contribution in [0.1, 0.15) is 19.5 Å². The van der Waals surface area contributed by atoms with Gasteiger partial charge in [-0.1, -0.05) is 0 Å². The van der Waals surface area contributed by atoms with Crippen LogP contribution in [0.15, 0.2) is 6.07 Å². The monoisotopic (exact) mass is 238 g/mol. The normalized spacial score (nSPS) is 10.1. The summed E-state index contributed by atoms with van der Waals surface area (Å²) in [6.45, 7) is 6.74. The van der Waals surface area contributed by atoms with E-state index < -0.39 is 0 Å². The largest absolute Gasteiger partial charge is 0.465 e. The second kappa shape index (κ2) is 6.03. The summed E-state index contributed by atoms with van der Waals surface area (Å²) in [4.78, 5) is 21.3. The SMILES string of the molecule is CCOC(=O)CN(CC)c1cc(C)nc(N)n1. The first-order valence-electron chi connectivity index (χ1n) is 5.58. The Labute approximate surface area is 101 Å². The number of carbonyl (C=O) groups is 1.